The zero-order valence-electron chi connectivity index (χ0n) is 10.00. The monoisotopic (exact) mass is 267 g/mol. The molecule has 0 saturated carbocycles. The van der Waals surface area contributed by atoms with E-state index in [0.29, 0.717) is 5.56 Å². The minimum absolute atomic E-state index is 0.0135. The fourth-order valence-electron chi connectivity index (χ4n) is 1.20. The first kappa shape index (κ1) is 14.4. The van der Waals surface area contributed by atoms with E-state index in [2.05, 4.69) is 5.32 Å². The summed E-state index contributed by atoms with van der Waals surface area (Å²) in [5, 5.41) is 12.8. The molecule has 8 heteroatoms. The van der Waals surface area contributed by atoms with Gasteiger partial charge in [0.25, 0.3) is 5.69 Å². The van der Waals surface area contributed by atoms with Crippen molar-refractivity contribution in [3.8, 4) is 0 Å². The van der Waals surface area contributed by atoms with Gasteiger partial charge in [0.2, 0.25) is 5.91 Å². The average molecular weight is 267 g/mol. The van der Waals surface area contributed by atoms with Crippen molar-refractivity contribution in [1.29, 1.82) is 0 Å². The molecule has 0 aliphatic carbocycles. The molecule has 0 aliphatic rings. The molecule has 0 fully saturated rings. The number of nitrogens with zero attached hydrogens (tertiary/aromatic N) is 1. The number of hydrogen-bond donors (Lipinski definition) is 2. The number of nitrogens with one attached hydrogen (secondary N) is 1. The molecule has 1 aromatic carbocycles. The average Bonchev–Trinajstić information content (AvgIpc) is 2.36. The van der Waals surface area contributed by atoms with E-state index < -0.39 is 16.9 Å². The van der Waals surface area contributed by atoms with Crippen molar-refractivity contribution in [2.45, 2.75) is 13.0 Å². The third kappa shape index (κ3) is 5.48. The van der Waals surface area contributed by atoms with Gasteiger partial charge in [-0.2, -0.15) is 0 Å². The lowest BCUT2D eigenvalue weighted by Crippen LogP contribution is -2.28. The molecule has 2 amide bonds. The van der Waals surface area contributed by atoms with E-state index in [1.54, 1.807) is 0 Å². The first-order valence-corrected chi connectivity index (χ1v) is 5.41. The Balaban J connectivity index is 2.33. The van der Waals surface area contributed by atoms with E-state index in [0.717, 1.165) is 0 Å². The highest BCUT2D eigenvalue weighted by Crippen LogP contribution is 2.12. The lowest BCUT2D eigenvalue weighted by atomic mass is 10.2. The fraction of sp³-hybridized carbons (Fsp3) is 0.273. The molecule has 0 saturated heterocycles. The maximum Gasteiger partial charge on any atom is 0.407 e. The number of primary amides is 1. The lowest BCUT2D eigenvalue weighted by Gasteiger charge is -2.06. The van der Waals surface area contributed by atoms with Gasteiger partial charge in [-0.05, 0) is 17.7 Å². The topological polar surface area (TPSA) is 125 Å². The number of nitro benzene ring substituents is 1. The van der Waals surface area contributed by atoms with Gasteiger partial charge in [-0.15, -0.1) is 0 Å². The van der Waals surface area contributed by atoms with Gasteiger partial charge < -0.3 is 15.8 Å². The summed E-state index contributed by atoms with van der Waals surface area (Å²) in [5.74, 6) is -0.518. The van der Waals surface area contributed by atoms with Crippen LogP contribution < -0.4 is 11.1 Å². The van der Waals surface area contributed by atoms with Crippen molar-refractivity contribution in [2.24, 2.45) is 5.73 Å². The quantitative estimate of drug-likeness (QED) is 0.579. The summed E-state index contributed by atoms with van der Waals surface area (Å²) >= 11 is 0. The summed E-state index contributed by atoms with van der Waals surface area (Å²) in [6, 6.07) is 5.64. The van der Waals surface area contributed by atoms with Crippen molar-refractivity contribution in [3.63, 3.8) is 0 Å². The predicted molar refractivity (Wildman–Crippen MR) is 65.1 cm³/mol. The number of carbonyl (C=O) groups excluding carboxylic acids is 2. The number of amides is 2. The van der Waals surface area contributed by atoms with E-state index >= 15 is 0 Å². The Kier molecular flexibility index (Phi) is 5.27. The van der Waals surface area contributed by atoms with Crippen LogP contribution in [0.5, 0.6) is 0 Å². The number of carbonyl (C=O) groups is 2. The minimum Gasteiger partial charge on any atom is -0.445 e. The Morgan fingerprint density at radius 1 is 1.32 bits per heavy atom. The van der Waals surface area contributed by atoms with Crippen LogP contribution in [0, 0.1) is 10.1 Å². The van der Waals surface area contributed by atoms with Crippen molar-refractivity contribution in [2.75, 3.05) is 6.54 Å². The molecule has 8 nitrogen and oxygen atoms in total. The van der Waals surface area contributed by atoms with Crippen LogP contribution in [-0.4, -0.2) is 23.5 Å². The maximum atomic E-state index is 11.2. The van der Waals surface area contributed by atoms with E-state index in [9.17, 15) is 19.7 Å². The maximum absolute atomic E-state index is 11.2. The van der Waals surface area contributed by atoms with E-state index in [1.165, 1.54) is 24.3 Å². The standard InChI is InChI=1S/C11H13N3O5/c12-10(15)5-6-13-11(16)19-7-8-1-3-9(4-2-8)14(17)18/h1-4H,5-7H2,(H2,12,15)(H,13,16). The molecule has 0 spiro atoms. The molecule has 0 heterocycles. The molecule has 1 rings (SSSR count). The molecule has 0 aromatic heterocycles. The number of rotatable bonds is 6. The minimum atomic E-state index is -0.681. The normalized spacial score (nSPS) is 9.68. The first-order valence-electron chi connectivity index (χ1n) is 5.41. The van der Waals surface area contributed by atoms with E-state index in [1.807, 2.05) is 0 Å². The zero-order valence-corrected chi connectivity index (χ0v) is 10.00. The molecular weight excluding hydrogens is 254 g/mol. The van der Waals surface area contributed by atoms with Crippen molar-refractivity contribution in [1.82, 2.24) is 5.32 Å². The van der Waals surface area contributed by atoms with E-state index in [4.69, 9.17) is 10.5 Å². The highest BCUT2D eigenvalue weighted by molar-refractivity contribution is 5.75. The molecular formula is C11H13N3O5. The zero-order chi connectivity index (χ0) is 14.3. The van der Waals surface area contributed by atoms with Crippen molar-refractivity contribution >= 4 is 17.7 Å². The molecule has 102 valence electrons. The van der Waals surface area contributed by atoms with Gasteiger partial charge in [0.15, 0.2) is 0 Å². The number of hydrogen-bond acceptors (Lipinski definition) is 5. The summed E-state index contributed by atoms with van der Waals surface area (Å²) in [4.78, 5) is 31.5. The molecule has 0 radical (unpaired) electrons. The second-order valence-electron chi connectivity index (χ2n) is 3.64. The van der Waals surface area contributed by atoms with Gasteiger partial charge in [-0.25, -0.2) is 4.79 Å². The lowest BCUT2D eigenvalue weighted by molar-refractivity contribution is -0.384. The van der Waals surface area contributed by atoms with Crippen LogP contribution in [0.15, 0.2) is 24.3 Å². The molecule has 0 unspecified atom stereocenters. The number of alkyl carbamates (subject to hydrolysis) is 1. The molecule has 0 aliphatic heterocycles. The van der Waals surface area contributed by atoms with Crippen LogP contribution in [0.1, 0.15) is 12.0 Å². The SMILES string of the molecule is NC(=O)CCNC(=O)OCc1ccc([N+](=O)[O-])cc1. The molecule has 3 N–H and O–H groups in total. The predicted octanol–water partition coefficient (Wildman–Crippen LogP) is 0.696. The number of ether oxygens (including phenoxy) is 1. The first-order chi connectivity index (χ1) is 8.99. The fourth-order valence-corrected chi connectivity index (χ4v) is 1.20. The summed E-state index contributed by atoms with van der Waals surface area (Å²) in [5.41, 5.74) is 5.48. The molecule has 0 atom stereocenters. The van der Waals surface area contributed by atoms with Gasteiger partial charge >= 0.3 is 6.09 Å². The summed E-state index contributed by atoms with van der Waals surface area (Å²) in [7, 11) is 0. The van der Waals surface area contributed by atoms with Crippen LogP contribution in [0.2, 0.25) is 0 Å². The van der Waals surface area contributed by atoms with Gasteiger partial charge in [-0.3, -0.25) is 14.9 Å². The second-order valence-corrected chi connectivity index (χ2v) is 3.64. The highest BCUT2D eigenvalue weighted by atomic mass is 16.6. The van der Waals surface area contributed by atoms with Crippen LogP contribution >= 0.6 is 0 Å². The Morgan fingerprint density at radius 2 is 1.95 bits per heavy atom. The molecule has 19 heavy (non-hydrogen) atoms. The second kappa shape index (κ2) is 6.94. The van der Waals surface area contributed by atoms with Crippen molar-refractivity contribution in [3.05, 3.63) is 39.9 Å². The summed E-state index contributed by atoms with van der Waals surface area (Å²) in [6.07, 6.45) is -0.647. The Bertz CT molecular complexity index is 472. The summed E-state index contributed by atoms with van der Waals surface area (Å²) in [6.45, 7) is 0.0921. The Hall–Kier alpha value is -2.64. The highest BCUT2D eigenvalue weighted by Gasteiger charge is 2.06. The molecule has 1 aromatic rings. The third-order valence-electron chi connectivity index (χ3n) is 2.16. The number of nitrogens with two attached hydrogens (primary N) is 1. The van der Waals surface area contributed by atoms with Crippen molar-refractivity contribution < 1.29 is 19.2 Å². The van der Waals surface area contributed by atoms with Crippen LogP contribution in [0.4, 0.5) is 10.5 Å². The number of non-ortho nitro benzene ring substituents is 1. The van der Waals surface area contributed by atoms with Gasteiger partial charge in [0, 0.05) is 25.1 Å². The Morgan fingerprint density at radius 3 is 2.47 bits per heavy atom. The molecule has 0 bridgehead atoms. The number of benzene rings is 1. The van der Waals surface area contributed by atoms with Gasteiger partial charge in [0.1, 0.15) is 6.61 Å². The van der Waals surface area contributed by atoms with Crippen LogP contribution in [-0.2, 0) is 16.1 Å². The smallest absolute Gasteiger partial charge is 0.407 e. The largest absolute Gasteiger partial charge is 0.445 e. The Labute approximate surface area is 108 Å². The third-order valence-corrected chi connectivity index (χ3v) is 2.16. The van der Waals surface area contributed by atoms with Gasteiger partial charge in [-0.1, -0.05) is 0 Å². The summed E-state index contributed by atoms with van der Waals surface area (Å²) < 4.78 is 4.84. The number of nitro groups is 1. The van der Waals surface area contributed by atoms with E-state index in [-0.39, 0.29) is 25.3 Å². The van der Waals surface area contributed by atoms with Gasteiger partial charge in [0.05, 0.1) is 4.92 Å². The van der Waals surface area contributed by atoms with Crippen LogP contribution in [0.25, 0.3) is 0 Å². The van der Waals surface area contributed by atoms with Crippen LogP contribution in [0.3, 0.4) is 0 Å².